The predicted octanol–water partition coefficient (Wildman–Crippen LogP) is 5.14. The highest BCUT2D eigenvalue weighted by molar-refractivity contribution is 6.33. The van der Waals surface area contributed by atoms with Gasteiger partial charge in [-0.25, -0.2) is 9.97 Å². The molecule has 0 aliphatic carbocycles. The van der Waals surface area contributed by atoms with Gasteiger partial charge in [0.2, 0.25) is 0 Å². The SMILES string of the molecule is CCOc1ccc(NC(=O)c2cnc(Nc3c(C)cc(C)cc3Cl)cn2)cc1. The summed E-state index contributed by atoms with van der Waals surface area (Å²) < 4.78 is 5.38. The number of hydrogen-bond acceptors (Lipinski definition) is 5. The number of nitrogens with zero attached hydrogens (tertiary/aromatic N) is 2. The van der Waals surface area contributed by atoms with Crippen LogP contribution in [0.5, 0.6) is 5.75 Å². The number of carbonyl (C=O) groups excluding carboxylic acids is 1. The number of rotatable bonds is 6. The van der Waals surface area contributed by atoms with Crippen LogP contribution in [0.4, 0.5) is 17.2 Å². The molecule has 2 aromatic carbocycles. The van der Waals surface area contributed by atoms with Crippen LogP contribution in [0.2, 0.25) is 5.02 Å². The Morgan fingerprint density at radius 2 is 1.86 bits per heavy atom. The summed E-state index contributed by atoms with van der Waals surface area (Å²) in [5.41, 5.74) is 3.73. The highest BCUT2D eigenvalue weighted by Gasteiger charge is 2.11. The first-order valence-corrected chi connectivity index (χ1v) is 9.24. The molecule has 0 saturated carbocycles. The fourth-order valence-electron chi connectivity index (χ4n) is 2.71. The van der Waals surface area contributed by atoms with E-state index >= 15 is 0 Å². The van der Waals surface area contributed by atoms with Crippen LogP contribution >= 0.6 is 11.6 Å². The van der Waals surface area contributed by atoms with Gasteiger partial charge in [-0.2, -0.15) is 0 Å². The summed E-state index contributed by atoms with van der Waals surface area (Å²) in [6.07, 6.45) is 2.92. The van der Waals surface area contributed by atoms with Crippen molar-refractivity contribution in [3.8, 4) is 5.75 Å². The van der Waals surface area contributed by atoms with E-state index in [1.807, 2.05) is 32.9 Å². The van der Waals surface area contributed by atoms with Gasteiger partial charge in [0.05, 0.1) is 29.7 Å². The standard InChI is InChI=1S/C21H21ClN4O2/c1-4-28-16-7-5-15(6-8-16)25-21(27)18-11-24-19(12-23-18)26-20-14(3)9-13(2)10-17(20)22/h5-12H,4H2,1-3H3,(H,24,26)(H,25,27). The highest BCUT2D eigenvalue weighted by Crippen LogP contribution is 2.29. The van der Waals surface area contributed by atoms with Crippen molar-refractivity contribution in [2.24, 2.45) is 0 Å². The number of halogens is 1. The topological polar surface area (TPSA) is 76.1 Å². The minimum atomic E-state index is -0.340. The Balaban J connectivity index is 1.67. The Morgan fingerprint density at radius 1 is 1.11 bits per heavy atom. The van der Waals surface area contributed by atoms with E-state index < -0.39 is 0 Å². The Hall–Kier alpha value is -3.12. The number of hydrogen-bond donors (Lipinski definition) is 2. The summed E-state index contributed by atoms with van der Waals surface area (Å²) in [6.45, 7) is 6.46. The van der Waals surface area contributed by atoms with Crippen molar-refractivity contribution in [1.82, 2.24) is 9.97 Å². The molecule has 2 N–H and O–H groups in total. The van der Waals surface area contributed by atoms with Gasteiger partial charge in [0.1, 0.15) is 17.3 Å². The molecule has 0 radical (unpaired) electrons. The molecule has 7 heteroatoms. The molecule has 1 amide bonds. The molecule has 0 aliphatic rings. The molecule has 1 aromatic heterocycles. The van der Waals surface area contributed by atoms with Crippen molar-refractivity contribution in [1.29, 1.82) is 0 Å². The predicted molar refractivity (Wildman–Crippen MR) is 112 cm³/mol. The molecule has 1 heterocycles. The van der Waals surface area contributed by atoms with Crippen molar-refractivity contribution in [3.05, 3.63) is 70.6 Å². The fraction of sp³-hybridized carbons (Fsp3) is 0.190. The van der Waals surface area contributed by atoms with E-state index in [2.05, 4.69) is 20.6 Å². The van der Waals surface area contributed by atoms with Crippen LogP contribution < -0.4 is 15.4 Å². The fourth-order valence-corrected chi connectivity index (χ4v) is 3.08. The molecule has 3 aromatic rings. The van der Waals surface area contributed by atoms with Crippen molar-refractivity contribution >= 4 is 34.7 Å². The van der Waals surface area contributed by atoms with E-state index in [-0.39, 0.29) is 11.6 Å². The number of nitrogens with one attached hydrogen (secondary N) is 2. The minimum Gasteiger partial charge on any atom is -0.494 e. The number of ether oxygens (including phenoxy) is 1. The largest absolute Gasteiger partial charge is 0.494 e. The first-order valence-electron chi connectivity index (χ1n) is 8.86. The van der Waals surface area contributed by atoms with Gasteiger partial charge in [-0.3, -0.25) is 4.79 Å². The zero-order chi connectivity index (χ0) is 20.1. The van der Waals surface area contributed by atoms with E-state index in [0.29, 0.717) is 23.1 Å². The number of anilines is 3. The molecular weight excluding hydrogens is 376 g/mol. The van der Waals surface area contributed by atoms with Gasteiger partial charge in [0.25, 0.3) is 5.91 Å². The van der Waals surface area contributed by atoms with Gasteiger partial charge in [0, 0.05) is 5.69 Å². The normalized spacial score (nSPS) is 10.4. The van der Waals surface area contributed by atoms with E-state index in [1.54, 1.807) is 24.3 Å². The third kappa shape index (κ3) is 4.78. The molecule has 0 saturated heterocycles. The zero-order valence-corrected chi connectivity index (χ0v) is 16.7. The first-order chi connectivity index (χ1) is 13.5. The molecule has 6 nitrogen and oxygen atoms in total. The van der Waals surface area contributed by atoms with E-state index in [0.717, 1.165) is 22.6 Å². The maximum absolute atomic E-state index is 12.4. The average Bonchev–Trinajstić information content (AvgIpc) is 2.67. The van der Waals surface area contributed by atoms with Crippen LogP contribution in [-0.2, 0) is 0 Å². The van der Waals surface area contributed by atoms with E-state index in [1.165, 1.54) is 12.4 Å². The third-order valence-electron chi connectivity index (χ3n) is 3.99. The van der Waals surface area contributed by atoms with E-state index in [9.17, 15) is 4.79 Å². The summed E-state index contributed by atoms with van der Waals surface area (Å²) in [7, 11) is 0. The molecule has 28 heavy (non-hydrogen) atoms. The summed E-state index contributed by atoms with van der Waals surface area (Å²) >= 11 is 6.30. The van der Waals surface area contributed by atoms with Crippen LogP contribution in [0.1, 0.15) is 28.5 Å². The van der Waals surface area contributed by atoms with Crippen LogP contribution in [0.25, 0.3) is 0 Å². The molecular formula is C21H21ClN4O2. The summed E-state index contributed by atoms with van der Waals surface area (Å²) in [5.74, 6) is 0.917. The van der Waals surface area contributed by atoms with Gasteiger partial charge < -0.3 is 15.4 Å². The summed E-state index contributed by atoms with van der Waals surface area (Å²) in [4.78, 5) is 20.8. The maximum Gasteiger partial charge on any atom is 0.275 e. The number of aromatic nitrogens is 2. The molecule has 3 rings (SSSR count). The summed E-state index contributed by atoms with van der Waals surface area (Å²) in [5, 5.41) is 6.54. The summed E-state index contributed by atoms with van der Waals surface area (Å²) in [6, 6.07) is 11.0. The van der Waals surface area contributed by atoms with Crippen LogP contribution in [0.15, 0.2) is 48.8 Å². The molecule has 0 unspecified atom stereocenters. The Bertz CT molecular complexity index is 950. The molecule has 0 fully saturated rings. The Kier molecular flexibility index (Phi) is 6.11. The lowest BCUT2D eigenvalue weighted by Gasteiger charge is -2.12. The van der Waals surface area contributed by atoms with Crippen LogP contribution in [0.3, 0.4) is 0 Å². The van der Waals surface area contributed by atoms with Gasteiger partial charge in [-0.1, -0.05) is 17.7 Å². The molecule has 0 spiro atoms. The number of aryl methyl sites for hydroxylation is 2. The lowest BCUT2D eigenvalue weighted by molar-refractivity contribution is 0.102. The van der Waals surface area contributed by atoms with Gasteiger partial charge in [-0.15, -0.1) is 0 Å². The first kappa shape index (κ1) is 19.6. The highest BCUT2D eigenvalue weighted by atomic mass is 35.5. The second kappa shape index (κ2) is 8.71. The van der Waals surface area contributed by atoms with Crippen molar-refractivity contribution < 1.29 is 9.53 Å². The lowest BCUT2D eigenvalue weighted by Crippen LogP contribution is -2.14. The van der Waals surface area contributed by atoms with Gasteiger partial charge in [-0.05, 0) is 62.2 Å². The minimum absolute atomic E-state index is 0.214. The smallest absolute Gasteiger partial charge is 0.275 e. The number of carbonyl (C=O) groups is 1. The van der Waals surface area contributed by atoms with Crippen molar-refractivity contribution in [3.63, 3.8) is 0 Å². The maximum atomic E-state index is 12.4. The Morgan fingerprint density at radius 3 is 2.46 bits per heavy atom. The second-order valence-corrected chi connectivity index (χ2v) is 6.67. The zero-order valence-electron chi connectivity index (χ0n) is 15.9. The van der Waals surface area contributed by atoms with Gasteiger partial charge in [0.15, 0.2) is 0 Å². The number of amides is 1. The Labute approximate surface area is 168 Å². The quantitative estimate of drug-likeness (QED) is 0.603. The third-order valence-corrected chi connectivity index (χ3v) is 4.29. The number of benzene rings is 2. The van der Waals surface area contributed by atoms with Gasteiger partial charge >= 0.3 is 0 Å². The monoisotopic (exact) mass is 396 g/mol. The average molecular weight is 397 g/mol. The molecule has 0 aliphatic heterocycles. The second-order valence-electron chi connectivity index (χ2n) is 6.26. The van der Waals surface area contributed by atoms with Crippen molar-refractivity contribution in [2.45, 2.75) is 20.8 Å². The lowest BCUT2D eigenvalue weighted by atomic mass is 10.1. The molecule has 0 atom stereocenters. The molecule has 144 valence electrons. The molecule has 0 bridgehead atoms. The van der Waals surface area contributed by atoms with E-state index in [4.69, 9.17) is 16.3 Å². The van der Waals surface area contributed by atoms with Crippen LogP contribution in [0, 0.1) is 13.8 Å². The van der Waals surface area contributed by atoms with Crippen molar-refractivity contribution in [2.75, 3.05) is 17.2 Å². The van der Waals surface area contributed by atoms with Crippen LogP contribution in [-0.4, -0.2) is 22.5 Å².